The maximum atomic E-state index is 12.2. The lowest BCUT2D eigenvalue weighted by Gasteiger charge is -2.41. The van der Waals surface area contributed by atoms with Gasteiger partial charge in [-0.05, 0) is 19.3 Å². The van der Waals surface area contributed by atoms with Crippen molar-refractivity contribution in [3.63, 3.8) is 0 Å². The Morgan fingerprint density at radius 3 is 2.00 bits per heavy atom. The first kappa shape index (κ1) is 9.15. The number of carbonyl (C=O) groups is 1. The van der Waals surface area contributed by atoms with E-state index in [2.05, 4.69) is 10.5 Å². The van der Waals surface area contributed by atoms with E-state index in [1.165, 1.54) is 0 Å². The zero-order valence-corrected chi connectivity index (χ0v) is 6.15. The first-order valence-electron chi connectivity index (χ1n) is 3.43. The van der Waals surface area contributed by atoms with Crippen LogP contribution in [0.15, 0.2) is 0 Å². The van der Waals surface area contributed by atoms with E-state index in [1.807, 2.05) is 0 Å². The van der Waals surface area contributed by atoms with E-state index >= 15 is 0 Å². The zero-order valence-electron chi connectivity index (χ0n) is 6.15. The van der Waals surface area contributed by atoms with Crippen molar-refractivity contribution < 1.29 is 22.7 Å². The number of primary amides is 1. The van der Waals surface area contributed by atoms with Crippen LogP contribution in [0.3, 0.4) is 0 Å². The molecule has 0 unspecified atom stereocenters. The Hall–Kier alpha value is -0.940. The van der Waals surface area contributed by atoms with Crippen LogP contribution in [0.5, 0.6) is 0 Å². The fraction of sp³-hybridized carbons (Fsp3) is 0.833. The summed E-state index contributed by atoms with van der Waals surface area (Å²) in [5.41, 5.74) is 2.23. The quantitative estimate of drug-likeness (QED) is 0.670. The molecule has 1 saturated carbocycles. The second kappa shape index (κ2) is 2.53. The molecule has 0 aromatic heterocycles. The number of nitrogens with two attached hydrogens (primary N) is 1. The monoisotopic (exact) mass is 183 g/mol. The van der Waals surface area contributed by atoms with Gasteiger partial charge in [-0.2, -0.15) is 13.2 Å². The van der Waals surface area contributed by atoms with Crippen LogP contribution < -0.4 is 5.73 Å². The number of rotatable bonds is 1. The van der Waals surface area contributed by atoms with Crippen LogP contribution in [-0.2, 0) is 4.74 Å². The minimum atomic E-state index is -4.50. The van der Waals surface area contributed by atoms with E-state index in [0.29, 0.717) is 6.42 Å². The molecule has 3 nitrogen and oxygen atoms in total. The molecule has 0 heterocycles. The van der Waals surface area contributed by atoms with Crippen molar-refractivity contribution in [2.75, 3.05) is 0 Å². The third kappa shape index (κ3) is 1.33. The molecule has 12 heavy (non-hydrogen) atoms. The lowest BCUT2D eigenvalue weighted by molar-refractivity contribution is -0.283. The topological polar surface area (TPSA) is 52.3 Å². The smallest absolute Gasteiger partial charge is 0.428 e. The molecule has 0 radical (unpaired) electrons. The number of alkyl halides is 3. The predicted octanol–water partition coefficient (Wildman–Crippen LogP) is 1.57. The highest BCUT2D eigenvalue weighted by molar-refractivity contribution is 5.65. The standard InChI is InChI=1S/C6H8F3NO2/c7-6(8,9)5(2-1-3-5)12-4(10)11/h1-3H2,(H2,10,11). The van der Waals surface area contributed by atoms with E-state index < -0.39 is 17.9 Å². The number of halogens is 3. The molecule has 0 saturated heterocycles. The third-order valence-electron chi connectivity index (χ3n) is 1.97. The van der Waals surface area contributed by atoms with Crippen LogP contribution >= 0.6 is 0 Å². The Bertz CT molecular complexity index is 197. The molecule has 0 atom stereocenters. The molecule has 0 aromatic carbocycles. The van der Waals surface area contributed by atoms with Gasteiger partial charge in [-0.25, -0.2) is 4.79 Å². The molecule has 1 aliphatic rings. The highest BCUT2D eigenvalue weighted by Gasteiger charge is 2.61. The summed E-state index contributed by atoms with van der Waals surface area (Å²) in [5.74, 6) is 0. The van der Waals surface area contributed by atoms with Gasteiger partial charge in [-0.3, -0.25) is 0 Å². The summed E-state index contributed by atoms with van der Waals surface area (Å²) in [7, 11) is 0. The van der Waals surface area contributed by atoms with Crippen molar-refractivity contribution in [1.29, 1.82) is 0 Å². The molecule has 1 aliphatic carbocycles. The van der Waals surface area contributed by atoms with Crippen molar-refractivity contribution in [1.82, 2.24) is 0 Å². The van der Waals surface area contributed by atoms with E-state index in [1.54, 1.807) is 0 Å². The number of amides is 1. The lowest BCUT2D eigenvalue weighted by atomic mass is 9.79. The van der Waals surface area contributed by atoms with E-state index in [0.717, 1.165) is 0 Å². The largest absolute Gasteiger partial charge is 0.433 e. The van der Waals surface area contributed by atoms with Gasteiger partial charge in [0.2, 0.25) is 5.60 Å². The molecule has 2 N–H and O–H groups in total. The number of hydrogen-bond donors (Lipinski definition) is 1. The van der Waals surface area contributed by atoms with Gasteiger partial charge in [0, 0.05) is 0 Å². The van der Waals surface area contributed by atoms with Gasteiger partial charge in [0.05, 0.1) is 0 Å². The Balaban J connectivity index is 2.70. The molecule has 1 rings (SSSR count). The van der Waals surface area contributed by atoms with Crippen molar-refractivity contribution in [3.05, 3.63) is 0 Å². The van der Waals surface area contributed by atoms with Crippen LogP contribution in [0, 0.1) is 0 Å². The van der Waals surface area contributed by atoms with Crippen LogP contribution in [0.2, 0.25) is 0 Å². The second-order valence-electron chi connectivity index (χ2n) is 2.77. The number of hydrogen-bond acceptors (Lipinski definition) is 2. The van der Waals surface area contributed by atoms with Gasteiger partial charge >= 0.3 is 12.3 Å². The van der Waals surface area contributed by atoms with Gasteiger partial charge in [-0.1, -0.05) is 0 Å². The van der Waals surface area contributed by atoms with Crippen LogP contribution in [0.1, 0.15) is 19.3 Å². The molecule has 0 spiro atoms. The summed E-state index contributed by atoms with van der Waals surface area (Å²) in [6.45, 7) is 0. The molecule has 70 valence electrons. The van der Waals surface area contributed by atoms with Crippen molar-refractivity contribution in [3.8, 4) is 0 Å². The van der Waals surface area contributed by atoms with Gasteiger partial charge in [-0.15, -0.1) is 0 Å². The van der Waals surface area contributed by atoms with Gasteiger partial charge in [0.25, 0.3) is 0 Å². The Morgan fingerprint density at radius 2 is 1.92 bits per heavy atom. The second-order valence-corrected chi connectivity index (χ2v) is 2.77. The van der Waals surface area contributed by atoms with Gasteiger partial charge in [0.1, 0.15) is 0 Å². The van der Waals surface area contributed by atoms with Crippen LogP contribution in [-0.4, -0.2) is 17.9 Å². The summed E-state index contributed by atoms with van der Waals surface area (Å²) < 4.78 is 40.6. The fourth-order valence-electron chi connectivity index (χ4n) is 1.13. The van der Waals surface area contributed by atoms with Crippen LogP contribution in [0.4, 0.5) is 18.0 Å². The maximum Gasteiger partial charge on any atom is 0.428 e. The van der Waals surface area contributed by atoms with E-state index in [9.17, 15) is 18.0 Å². The molecule has 0 aromatic rings. The SMILES string of the molecule is NC(=O)OC1(C(F)(F)F)CCC1. The minimum absolute atomic E-state index is 0.181. The summed E-state index contributed by atoms with van der Waals surface area (Å²) in [5, 5.41) is 0. The van der Waals surface area contributed by atoms with Crippen LogP contribution in [0.25, 0.3) is 0 Å². The minimum Gasteiger partial charge on any atom is -0.433 e. The summed E-state index contributed by atoms with van der Waals surface area (Å²) in [4.78, 5) is 10.2. The first-order chi connectivity index (χ1) is 5.37. The lowest BCUT2D eigenvalue weighted by Crippen LogP contribution is -2.54. The number of carbonyl (C=O) groups excluding carboxylic acids is 1. The highest BCUT2D eigenvalue weighted by atomic mass is 19.4. The molecule has 0 bridgehead atoms. The zero-order chi connectivity index (χ0) is 9.41. The molecular formula is C6H8F3NO2. The summed E-state index contributed by atoms with van der Waals surface area (Å²) in [6, 6.07) is 0. The van der Waals surface area contributed by atoms with Crippen molar-refractivity contribution >= 4 is 6.09 Å². The first-order valence-corrected chi connectivity index (χ1v) is 3.43. The third-order valence-corrected chi connectivity index (χ3v) is 1.97. The predicted molar refractivity (Wildman–Crippen MR) is 33.3 cm³/mol. The molecule has 1 amide bonds. The normalized spacial score (nSPS) is 21.2. The Kier molecular flexibility index (Phi) is 1.93. The number of ether oxygens (including phenoxy) is 1. The Labute approximate surface area is 66.7 Å². The summed E-state index contributed by atoms with van der Waals surface area (Å²) >= 11 is 0. The molecule has 6 heteroatoms. The average molecular weight is 183 g/mol. The maximum absolute atomic E-state index is 12.2. The highest BCUT2D eigenvalue weighted by Crippen LogP contribution is 2.47. The summed E-state index contributed by atoms with van der Waals surface area (Å²) in [6.07, 6.45) is -5.82. The van der Waals surface area contributed by atoms with Crippen molar-refractivity contribution in [2.45, 2.75) is 31.0 Å². The Morgan fingerprint density at radius 1 is 1.42 bits per heavy atom. The van der Waals surface area contributed by atoms with E-state index in [4.69, 9.17) is 0 Å². The van der Waals surface area contributed by atoms with Gasteiger partial charge in [0.15, 0.2) is 0 Å². The average Bonchev–Trinajstić information content (AvgIpc) is 1.74. The van der Waals surface area contributed by atoms with Crippen molar-refractivity contribution in [2.24, 2.45) is 5.73 Å². The molecule has 0 aliphatic heterocycles. The molecular weight excluding hydrogens is 175 g/mol. The van der Waals surface area contributed by atoms with E-state index in [-0.39, 0.29) is 12.8 Å². The van der Waals surface area contributed by atoms with Gasteiger partial charge < -0.3 is 10.5 Å². The molecule has 1 fully saturated rings. The fourth-order valence-corrected chi connectivity index (χ4v) is 1.13.